The number of amides is 4. The maximum absolute atomic E-state index is 12.7. The predicted octanol–water partition coefficient (Wildman–Crippen LogP) is -0.0910. The fourth-order valence-corrected chi connectivity index (χ4v) is 6.11. The molecule has 3 heterocycles. The van der Waals surface area contributed by atoms with Crippen LogP contribution in [0.3, 0.4) is 0 Å². The molecule has 0 radical (unpaired) electrons. The fourth-order valence-electron chi connectivity index (χ4n) is 5.36. The van der Waals surface area contributed by atoms with Crippen molar-refractivity contribution in [1.29, 1.82) is 0 Å². The van der Waals surface area contributed by atoms with Crippen molar-refractivity contribution in [2.45, 2.75) is 25.7 Å². The number of fused-ring (bicyclic) bond motifs is 5. The number of imide groups is 1. The molecule has 11 heteroatoms. The van der Waals surface area contributed by atoms with Crippen molar-refractivity contribution in [1.82, 2.24) is 20.0 Å². The Bertz CT molecular complexity index is 870. The van der Waals surface area contributed by atoms with Gasteiger partial charge in [-0.1, -0.05) is 11.3 Å². The average Bonchev–Trinajstić information content (AvgIpc) is 3.51. The van der Waals surface area contributed by atoms with Gasteiger partial charge in [0.1, 0.15) is 11.6 Å². The van der Waals surface area contributed by atoms with Crippen LogP contribution < -0.4 is 5.32 Å². The van der Waals surface area contributed by atoms with Gasteiger partial charge >= 0.3 is 0 Å². The van der Waals surface area contributed by atoms with E-state index in [-0.39, 0.29) is 47.7 Å². The molecule has 1 aromatic rings. The quantitative estimate of drug-likeness (QED) is 0.644. The highest BCUT2D eigenvalue weighted by atomic mass is 32.1. The summed E-state index contributed by atoms with van der Waals surface area (Å²) in [4.78, 5) is 53.0. The van der Waals surface area contributed by atoms with Crippen LogP contribution >= 0.6 is 11.3 Å². The first-order valence-corrected chi connectivity index (χ1v) is 11.2. The maximum Gasteiger partial charge on any atom is 0.246 e. The zero-order valence-electron chi connectivity index (χ0n) is 16.4. The first kappa shape index (κ1) is 19.6. The third-order valence-electron chi connectivity index (χ3n) is 6.70. The number of hydrogen-bond acceptors (Lipinski definition) is 8. The van der Waals surface area contributed by atoms with Gasteiger partial charge in [-0.2, -0.15) is 0 Å². The Hall–Kier alpha value is -2.40. The first-order chi connectivity index (χ1) is 14.5. The summed E-state index contributed by atoms with van der Waals surface area (Å²) in [5.41, 5.74) is 0. The highest BCUT2D eigenvalue weighted by Crippen LogP contribution is 2.56. The molecule has 30 heavy (non-hydrogen) atoms. The number of aromatic nitrogens is 2. The Morgan fingerprint density at radius 2 is 1.73 bits per heavy atom. The molecule has 4 fully saturated rings. The minimum Gasteiger partial charge on any atom is -0.378 e. The number of carbonyl (C=O) groups excluding carboxylic acids is 4. The summed E-state index contributed by atoms with van der Waals surface area (Å²) < 4.78 is 5.24. The van der Waals surface area contributed by atoms with Gasteiger partial charge < -0.3 is 9.64 Å². The monoisotopic (exact) mass is 433 g/mol. The summed E-state index contributed by atoms with van der Waals surface area (Å²) in [6, 6.07) is 0. The van der Waals surface area contributed by atoms with Gasteiger partial charge in [0.25, 0.3) is 0 Å². The molecule has 2 aliphatic heterocycles. The Balaban J connectivity index is 1.16. The lowest BCUT2D eigenvalue weighted by Gasteiger charge is -2.26. The zero-order chi connectivity index (χ0) is 20.8. The second-order valence-electron chi connectivity index (χ2n) is 8.37. The number of nitrogens with one attached hydrogen (secondary N) is 1. The Kier molecular flexibility index (Phi) is 5.02. The van der Waals surface area contributed by atoms with Crippen LogP contribution in [-0.4, -0.2) is 76.5 Å². The third kappa shape index (κ3) is 3.39. The Morgan fingerprint density at radius 3 is 2.40 bits per heavy atom. The lowest BCUT2D eigenvalue weighted by atomic mass is 9.81. The molecule has 2 saturated carbocycles. The fraction of sp³-hybridized carbons (Fsp3) is 0.684. The zero-order valence-corrected chi connectivity index (χ0v) is 17.2. The van der Waals surface area contributed by atoms with E-state index >= 15 is 0 Å². The molecule has 2 aliphatic carbocycles. The van der Waals surface area contributed by atoms with Crippen molar-refractivity contribution in [2.24, 2.45) is 23.7 Å². The number of anilines is 1. The van der Waals surface area contributed by atoms with Gasteiger partial charge in [0.05, 0.1) is 31.5 Å². The molecule has 0 aromatic carbocycles. The number of nitrogens with zero attached hydrogens (tertiary/aromatic N) is 4. The topological polar surface area (TPSA) is 122 Å². The molecule has 0 spiro atoms. The summed E-state index contributed by atoms with van der Waals surface area (Å²) >= 11 is 1.12. The van der Waals surface area contributed by atoms with Crippen molar-refractivity contribution in [3.63, 3.8) is 0 Å². The van der Waals surface area contributed by atoms with Crippen molar-refractivity contribution in [3.05, 3.63) is 5.01 Å². The third-order valence-corrected chi connectivity index (χ3v) is 7.54. The van der Waals surface area contributed by atoms with Gasteiger partial charge in [-0.25, -0.2) is 0 Å². The van der Waals surface area contributed by atoms with Gasteiger partial charge in [0, 0.05) is 13.1 Å². The van der Waals surface area contributed by atoms with Crippen LogP contribution in [0.15, 0.2) is 0 Å². The standard InChI is InChI=1S/C19H23N5O5S/c25-12(9-24-17(27)15-10-1-2-11(7-10)16(15)18(24)28)20-19-22-21-13(30-19)8-14(26)23-3-5-29-6-4-23/h10-11,15-16H,1-9H2,(H,20,22,25)/t10-,11+,15-,16-/m1/s1. The summed E-state index contributed by atoms with van der Waals surface area (Å²) in [6.45, 7) is 1.87. The van der Waals surface area contributed by atoms with Gasteiger partial charge in [-0.3, -0.25) is 29.4 Å². The molecule has 4 atom stereocenters. The van der Waals surface area contributed by atoms with Crippen LogP contribution in [-0.2, 0) is 30.3 Å². The molecule has 2 bridgehead atoms. The maximum atomic E-state index is 12.7. The number of morpholine rings is 1. The molecule has 1 aromatic heterocycles. The van der Waals surface area contributed by atoms with Crippen molar-refractivity contribution < 1.29 is 23.9 Å². The van der Waals surface area contributed by atoms with Crippen LogP contribution in [0, 0.1) is 23.7 Å². The molecule has 2 saturated heterocycles. The molecular formula is C19H23N5O5S. The second-order valence-corrected chi connectivity index (χ2v) is 9.43. The Morgan fingerprint density at radius 1 is 1.07 bits per heavy atom. The smallest absolute Gasteiger partial charge is 0.246 e. The molecule has 4 amide bonds. The van der Waals surface area contributed by atoms with E-state index in [1.54, 1.807) is 4.90 Å². The number of likely N-dealkylation sites (tertiary alicyclic amines) is 1. The van der Waals surface area contributed by atoms with E-state index < -0.39 is 5.91 Å². The lowest BCUT2D eigenvalue weighted by molar-refractivity contribution is -0.143. The Labute approximate surface area is 176 Å². The van der Waals surface area contributed by atoms with E-state index in [1.165, 1.54) is 0 Å². The average molecular weight is 433 g/mol. The predicted molar refractivity (Wildman–Crippen MR) is 104 cm³/mol. The van der Waals surface area contributed by atoms with Crippen LogP contribution in [0.4, 0.5) is 5.13 Å². The molecule has 5 rings (SSSR count). The molecular weight excluding hydrogens is 410 g/mol. The van der Waals surface area contributed by atoms with E-state index in [9.17, 15) is 19.2 Å². The van der Waals surface area contributed by atoms with E-state index in [2.05, 4.69) is 15.5 Å². The molecule has 10 nitrogen and oxygen atoms in total. The van der Waals surface area contributed by atoms with E-state index in [0.29, 0.717) is 43.1 Å². The summed E-state index contributed by atoms with van der Waals surface area (Å²) in [7, 11) is 0. The number of ether oxygens (including phenoxy) is 1. The van der Waals surface area contributed by atoms with Crippen LogP contribution in [0.5, 0.6) is 0 Å². The molecule has 160 valence electrons. The van der Waals surface area contributed by atoms with E-state index in [4.69, 9.17) is 4.74 Å². The number of carbonyl (C=O) groups is 4. The molecule has 0 unspecified atom stereocenters. The largest absolute Gasteiger partial charge is 0.378 e. The van der Waals surface area contributed by atoms with Crippen molar-refractivity contribution >= 4 is 40.1 Å². The van der Waals surface area contributed by atoms with E-state index in [0.717, 1.165) is 35.5 Å². The van der Waals surface area contributed by atoms with Gasteiger partial charge in [0.2, 0.25) is 28.8 Å². The van der Waals surface area contributed by atoms with Crippen LogP contribution in [0.1, 0.15) is 24.3 Å². The SMILES string of the molecule is O=C(CN1C(=O)[C@@H]2[C@@H]3CC[C@@H](C3)[C@H]2C1=O)Nc1nnc(CC(=O)N2CCOCC2)s1. The van der Waals surface area contributed by atoms with Crippen molar-refractivity contribution in [3.8, 4) is 0 Å². The summed E-state index contributed by atoms with van der Waals surface area (Å²) in [5, 5.41) is 11.2. The van der Waals surface area contributed by atoms with Gasteiger partial charge in [-0.05, 0) is 31.1 Å². The highest BCUT2D eigenvalue weighted by Gasteiger charge is 2.60. The summed E-state index contributed by atoms with van der Waals surface area (Å²) in [5.74, 6) is -0.832. The van der Waals surface area contributed by atoms with Gasteiger partial charge in [0.15, 0.2) is 0 Å². The normalized spacial score (nSPS) is 30.1. The minimum atomic E-state index is -0.480. The van der Waals surface area contributed by atoms with Crippen LogP contribution in [0.2, 0.25) is 0 Å². The second kappa shape index (κ2) is 7.69. The van der Waals surface area contributed by atoms with Crippen LogP contribution in [0.25, 0.3) is 0 Å². The molecule has 1 N–H and O–H groups in total. The lowest BCUT2D eigenvalue weighted by Crippen LogP contribution is -2.41. The minimum absolute atomic E-state index is 0.0539. The summed E-state index contributed by atoms with van der Waals surface area (Å²) in [6.07, 6.45) is 3.08. The van der Waals surface area contributed by atoms with Gasteiger partial charge in [-0.15, -0.1) is 10.2 Å². The highest BCUT2D eigenvalue weighted by molar-refractivity contribution is 7.15. The first-order valence-electron chi connectivity index (χ1n) is 10.3. The molecule has 4 aliphatic rings. The van der Waals surface area contributed by atoms with E-state index in [1.807, 2.05) is 0 Å². The number of rotatable bonds is 5. The number of hydrogen-bond donors (Lipinski definition) is 1. The van der Waals surface area contributed by atoms with Crippen molar-refractivity contribution in [2.75, 3.05) is 38.2 Å².